The van der Waals surface area contributed by atoms with E-state index in [4.69, 9.17) is 4.74 Å². The van der Waals surface area contributed by atoms with Crippen LogP contribution in [0.25, 0.3) is 0 Å². The molecule has 9 nitrogen and oxygen atoms in total. The van der Waals surface area contributed by atoms with Crippen molar-refractivity contribution in [2.45, 2.75) is 70.3 Å². The van der Waals surface area contributed by atoms with Crippen LogP contribution in [0.4, 0.5) is 4.79 Å². The number of nitrogens with zero attached hydrogens (tertiary/aromatic N) is 1. The summed E-state index contributed by atoms with van der Waals surface area (Å²) < 4.78 is 5.45. The number of benzene rings is 3. The summed E-state index contributed by atoms with van der Waals surface area (Å²) in [6.07, 6.45) is 0.754. The molecule has 1 fully saturated rings. The van der Waals surface area contributed by atoms with Gasteiger partial charge in [0.25, 0.3) is 0 Å². The summed E-state index contributed by atoms with van der Waals surface area (Å²) in [5, 5.41) is 25.6. The number of ether oxygens (including phenoxy) is 1. The molecule has 4 rings (SSSR count). The fraction of sp³-hybridized carbons (Fsp3) is 0.344. The fourth-order valence-electron chi connectivity index (χ4n) is 4.58. The van der Waals surface area contributed by atoms with Crippen molar-refractivity contribution in [2.75, 3.05) is 0 Å². The number of phenolic OH excluding ortho intramolecular Hbond substituents is 2. The van der Waals surface area contributed by atoms with Gasteiger partial charge >= 0.3 is 6.09 Å². The van der Waals surface area contributed by atoms with Crippen molar-refractivity contribution in [3.05, 3.63) is 95.6 Å². The Morgan fingerprint density at radius 2 is 1.59 bits per heavy atom. The number of carbonyl (C=O) groups excluding carboxylic acids is 3. The third-order valence-corrected chi connectivity index (χ3v) is 6.58. The molecule has 41 heavy (non-hydrogen) atoms. The Kier molecular flexibility index (Phi) is 9.17. The van der Waals surface area contributed by atoms with E-state index in [9.17, 15) is 24.6 Å². The highest BCUT2D eigenvalue weighted by Gasteiger charge is 2.44. The van der Waals surface area contributed by atoms with Gasteiger partial charge in [0, 0.05) is 19.0 Å². The van der Waals surface area contributed by atoms with Gasteiger partial charge in [-0.15, -0.1) is 0 Å². The van der Waals surface area contributed by atoms with Crippen LogP contribution < -0.4 is 10.6 Å². The molecule has 1 aliphatic rings. The number of rotatable bonds is 10. The van der Waals surface area contributed by atoms with Crippen LogP contribution >= 0.6 is 0 Å². The lowest BCUT2D eigenvalue weighted by molar-refractivity contribution is -0.143. The summed E-state index contributed by atoms with van der Waals surface area (Å²) >= 11 is 0. The number of phenols is 2. The average molecular weight is 560 g/mol. The molecule has 216 valence electrons. The van der Waals surface area contributed by atoms with Gasteiger partial charge in [-0.3, -0.25) is 9.59 Å². The molecule has 0 aliphatic heterocycles. The lowest BCUT2D eigenvalue weighted by Gasteiger charge is -2.35. The molecule has 2 atom stereocenters. The van der Waals surface area contributed by atoms with Crippen molar-refractivity contribution >= 4 is 17.9 Å². The molecule has 3 aromatic carbocycles. The normalized spacial score (nSPS) is 14.4. The van der Waals surface area contributed by atoms with Gasteiger partial charge in [-0.05, 0) is 74.6 Å². The number of amides is 3. The molecule has 2 unspecified atom stereocenters. The van der Waals surface area contributed by atoms with Crippen LogP contribution in [0, 0.1) is 0 Å². The van der Waals surface area contributed by atoms with Gasteiger partial charge in [0.15, 0.2) is 0 Å². The minimum Gasteiger partial charge on any atom is -0.508 e. The molecule has 4 N–H and O–H groups in total. The van der Waals surface area contributed by atoms with Gasteiger partial charge < -0.3 is 30.5 Å². The van der Waals surface area contributed by atoms with E-state index in [1.54, 1.807) is 45.0 Å². The zero-order valence-corrected chi connectivity index (χ0v) is 23.5. The van der Waals surface area contributed by atoms with E-state index in [0.29, 0.717) is 24.0 Å². The quantitative estimate of drug-likeness (QED) is 0.288. The predicted molar refractivity (Wildman–Crippen MR) is 154 cm³/mol. The van der Waals surface area contributed by atoms with Gasteiger partial charge in [0.2, 0.25) is 11.8 Å². The van der Waals surface area contributed by atoms with Crippen molar-refractivity contribution in [2.24, 2.45) is 0 Å². The lowest BCUT2D eigenvalue weighted by Crippen LogP contribution is -2.54. The molecule has 0 radical (unpaired) electrons. The van der Waals surface area contributed by atoms with E-state index < -0.39 is 35.6 Å². The van der Waals surface area contributed by atoms with Crippen LogP contribution in [0.2, 0.25) is 0 Å². The number of hydrogen-bond donors (Lipinski definition) is 4. The maximum atomic E-state index is 14.3. The first kappa shape index (κ1) is 29.5. The second kappa shape index (κ2) is 12.8. The van der Waals surface area contributed by atoms with E-state index in [-0.39, 0.29) is 30.5 Å². The monoisotopic (exact) mass is 559 g/mol. The summed E-state index contributed by atoms with van der Waals surface area (Å²) in [6.45, 7) is 5.45. The number of nitrogens with one attached hydrogen (secondary N) is 2. The molecule has 0 spiro atoms. The van der Waals surface area contributed by atoms with Crippen LogP contribution in [0.15, 0.2) is 78.9 Å². The zero-order chi connectivity index (χ0) is 29.6. The number of hydrogen-bond acceptors (Lipinski definition) is 6. The van der Waals surface area contributed by atoms with Crippen LogP contribution in [0.1, 0.15) is 56.3 Å². The van der Waals surface area contributed by atoms with Crippen molar-refractivity contribution in [3.63, 3.8) is 0 Å². The third kappa shape index (κ3) is 8.48. The van der Waals surface area contributed by atoms with Crippen molar-refractivity contribution in [1.82, 2.24) is 15.5 Å². The maximum absolute atomic E-state index is 14.3. The molecule has 1 aliphatic carbocycles. The standard InChI is InChI=1S/C32H37N3O6/c1-32(2,3)41-31(40)34-27(18-21-12-16-25(36)17-13-21)30(39)35(24-14-15-24)28(23-10-7-11-26(37)19-23)29(38)33-20-22-8-5-4-6-9-22/h4-13,16-17,19,24,27-28,36-37H,14-15,18,20H2,1-3H3,(H,33,38)(H,34,40). The summed E-state index contributed by atoms with van der Waals surface area (Å²) in [5.41, 5.74) is 1.27. The van der Waals surface area contributed by atoms with Crippen LogP contribution in [-0.2, 0) is 27.3 Å². The van der Waals surface area contributed by atoms with E-state index in [1.807, 2.05) is 30.3 Å². The number of aromatic hydroxyl groups is 2. The smallest absolute Gasteiger partial charge is 0.408 e. The van der Waals surface area contributed by atoms with Crippen molar-refractivity contribution in [3.8, 4) is 11.5 Å². The molecular formula is C32H37N3O6. The molecule has 3 aromatic rings. The Morgan fingerprint density at radius 3 is 2.20 bits per heavy atom. The minimum atomic E-state index is -1.06. The van der Waals surface area contributed by atoms with Crippen LogP contribution in [-0.4, -0.2) is 50.7 Å². The Balaban J connectivity index is 1.68. The molecular weight excluding hydrogens is 522 g/mol. The van der Waals surface area contributed by atoms with Gasteiger partial charge in [-0.2, -0.15) is 0 Å². The van der Waals surface area contributed by atoms with Crippen molar-refractivity contribution in [1.29, 1.82) is 0 Å². The Labute approximate surface area is 240 Å². The first-order valence-corrected chi connectivity index (χ1v) is 13.7. The highest BCUT2D eigenvalue weighted by atomic mass is 16.6. The minimum absolute atomic E-state index is 0.0286. The molecule has 0 saturated heterocycles. The first-order chi connectivity index (χ1) is 19.5. The summed E-state index contributed by atoms with van der Waals surface area (Å²) in [7, 11) is 0. The summed E-state index contributed by atoms with van der Waals surface area (Å²) in [4.78, 5) is 42.5. The second-order valence-electron chi connectivity index (χ2n) is 11.2. The average Bonchev–Trinajstić information content (AvgIpc) is 3.75. The van der Waals surface area contributed by atoms with Gasteiger partial charge in [0.05, 0.1) is 0 Å². The molecule has 0 aromatic heterocycles. The summed E-state index contributed by atoms with van der Waals surface area (Å²) in [5.74, 6) is -0.801. The van der Waals surface area contributed by atoms with Crippen LogP contribution in [0.3, 0.4) is 0 Å². The SMILES string of the molecule is CC(C)(C)OC(=O)NC(Cc1ccc(O)cc1)C(=O)N(C1CC1)C(C(=O)NCc1ccccc1)c1cccc(O)c1. The Bertz CT molecular complexity index is 1350. The molecule has 9 heteroatoms. The van der Waals surface area contributed by atoms with Gasteiger partial charge in [0.1, 0.15) is 29.2 Å². The Hall–Kier alpha value is -4.53. The van der Waals surface area contributed by atoms with Crippen LogP contribution in [0.5, 0.6) is 11.5 Å². The third-order valence-electron chi connectivity index (χ3n) is 6.58. The summed E-state index contributed by atoms with van der Waals surface area (Å²) in [6, 6.07) is 19.8. The zero-order valence-electron chi connectivity index (χ0n) is 23.5. The van der Waals surface area contributed by atoms with E-state index in [1.165, 1.54) is 29.2 Å². The molecule has 3 amide bonds. The van der Waals surface area contributed by atoms with Gasteiger partial charge in [-0.1, -0.05) is 54.6 Å². The molecule has 0 bridgehead atoms. The topological polar surface area (TPSA) is 128 Å². The molecule has 1 saturated carbocycles. The first-order valence-electron chi connectivity index (χ1n) is 13.7. The maximum Gasteiger partial charge on any atom is 0.408 e. The molecule has 0 heterocycles. The highest BCUT2D eigenvalue weighted by Crippen LogP contribution is 2.36. The highest BCUT2D eigenvalue weighted by molar-refractivity contribution is 5.92. The van der Waals surface area contributed by atoms with E-state index in [0.717, 1.165) is 5.56 Å². The van der Waals surface area contributed by atoms with Crippen molar-refractivity contribution < 1.29 is 29.3 Å². The Morgan fingerprint density at radius 1 is 0.902 bits per heavy atom. The predicted octanol–water partition coefficient (Wildman–Crippen LogP) is 4.58. The largest absolute Gasteiger partial charge is 0.508 e. The fourth-order valence-corrected chi connectivity index (χ4v) is 4.58. The number of alkyl carbamates (subject to hydrolysis) is 1. The van der Waals surface area contributed by atoms with E-state index >= 15 is 0 Å². The lowest BCUT2D eigenvalue weighted by atomic mass is 9.99. The van der Waals surface area contributed by atoms with Gasteiger partial charge in [-0.25, -0.2) is 4.79 Å². The van der Waals surface area contributed by atoms with E-state index in [2.05, 4.69) is 10.6 Å². The number of carbonyl (C=O) groups is 3. The second-order valence-corrected chi connectivity index (χ2v) is 11.2.